The zero-order valence-corrected chi connectivity index (χ0v) is 12.4. The smallest absolute Gasteiger partial charge is 0.329 e. The van der Waals surface area contributed by atoms with Crippen LogP contribution in [0, 0.1) is 11.3 Å². The van der Waals surface area contributed by atoms with Crippen LogP contribution in [0.15, 0.2) is 0 Å². The summed E-state index contributed by atoms with van der Waals surface area (Å²) in [4.78, 5) is 23.3. The van der Waals surface area contributed by atoms with Crippen LogP contribution < -0.4 is 10.6 Å². The lowest BCUT2D eigenvalue weighted by Crippen LogP contribution is -2.59. The second-order valence-corrected chi connectivity index (χ2v) is 6.94. The maximum atomic E-state index is 11.9. The molecule has 1 saturated carbocycles. The second kappa shape index (κ2) is 5.80. The van der Waals surface area contributed by atoms with E-state index < -0.39 is 11.5 Å². The normalized spacial score (nSPS) is 27.7. The molecule has 0 spiro atoms. The van der Waals surface area contributed by atoms with Crippen molar-refractivity contribution in [2.75, 3.05) is 6.54 Å². The Bertz CT molecular complexity index is 339. The lowest BCUT2D eigenvalue weighted by molar-refractivity contribution is -0.146. The third-order valence-corrected chi connectivity index (χ3v) is 3.67. The summed E-state index contributed by atoms with van der Waals surface area (Å²) in [7, 11) is 0. The summed E-state index contributed by atoms with van der Waals surface area (Å²) in [5.41, 5.74) is -1.11. The average molecular weight is 270 g/mol. The van der Waals surface area contributed by atoms with Crippen molar-refractivity contribution in [3.05, 3.63) is 0 Å². The van der Waals surface area contributed by atoms with Crippen molar-refractivity contribution in [2.24, 2.45) is 11.3 Å². The topological polar surface area (TPSA) is 78.4 Å². The Labute approximate surface area is 115 Å². The summed E-state index contributed by atoms with van der Waals surface area (Å²) >= 11 is 0. The van der Waals surface area contributed by atoms with Crippen LogP contribution in [0.5, 0.6) is 0 Å². The molecular weight excluding hydrogens is 244 g/mol. The predicted molar refractivity (Wildman–Crippen MR) is 74.0 cm³/mol. The van der Waals surface area contributed by atoms with Gasteiger partial charge in [0.05, 0.1) is 0 Å². The van der Waals surface area contributed by atoms with Crippen molar-refractivity contribution in [3.8, 4) is 0 Å². The summed E-state index contributed by atoms with van der Waals surface area (Å²) in [6.07, 6.45) is 2.69. The third-order valence-electron chi connectivity index (χ3n) is 3.67. The highest BCUT2D eigenvalue weighted by molar-refractivity contribution is 5.86. The molecule has 5 heteroatoms. The van der Waals surface area contributed by atoms with Crippen LogP contribution >= 0.6 is 0 Å². The molecule has 19 heavy (non-hydrogen) atoms. The van der Waals surface area contributed by atoms with Gasteiger partial charge in [0, 0.05) is 6.54 Å². The van der Waals surface area contributed by atoms with E-state index in [-0.39, 0.29) is 11.4 Å². The van der Waals surface area contributed by atoms with Crippen molar-refractivity contribution in [1.82, 2.24) is 10.6 Å². The molecule has 0 aromatic carbocycles. The van der Waals surface area contributed by atoms with Crippen LogP contribution in [0.3, 0.4) is 0 Å². The van der Waals surface area contributed by atoms with Gasteiger partial charge >= 0.3 is 12.0 Å². The Hall–Kier alpha value is -1.26. The van der Waals surface area contributed by atoms with Crippen LogP contribution in [-0.2, 0) is 4.79 Å². The number of amides is 2. The zero-order valence-electron chi connectivity index (χ0n) is 12.4. The molecule has 0 atom stereocenters. The van der Waals surface area contributed by atoms with Crippen LogP contribution in [0.1, 0.15) is 53.4 Å². The summed E-state index contributed by atoms with van der Waals surface area (Å²) < 4.78 is 0. The Morgan fingerprint density at radius 3 is 2.21 bits per heavy atom. The standard InChI is InChI=1S/C14H26N2O3/c1-10-5-7-14(8-6-10,11(17)18)16-12(19)15-9-13(2,3)4/h10H,5-9H2,1-4H3,(H,17,18)(H2,15,16,19). The number of aliphatic carboxylic acids is 1. The molecule has 5 nitrogen and oxygen atoms in total. The molecule has 1 fully saturated rings. The molecule has 0 unspecified atom stereocenters. The number of carboxylic acid groups (broad SMARTS) is 1. The summed E-state index contributed by atoms with van der Waals surface area (Å²) in [6, 6.07) is -0.383. The van der Waals surface area contributed by atoms with E-state index in [0.717, 1.165) is 12.8 Å². The molecular formula is C14H26N2O3. The number of rotatable bonds is 3. The Kier molecular flexibility index (Phi) is 4.82. The van der Waals surface area contributed by atoms with Gasteiger partial charge in [0.15, 0.2) is 0 Å². The first-order valence-corrected chi connectivity index (χ1v) is 6.94. The minimum Gasteiger partial charge on any atom is -0.480 e. The Morgan fingerprint density at radius 1 is 1.26 bits per heavy atom. The van der Waals surface area contributed by atoms with Crippen molar-refractivity contribution in [3.63, 3.8) is 0 Å². The van der Waals surface area contributed by atoms with E-state index in [1.807, 2.05) is 20.8 Å². The zero-order chi connectivity index (χ0) is 14.7. The minimum atomic E-state index is -1.09. The van der Waals surface area contributed by atoms with E-state index in [2.05, 4.69) is 17.6 Å². The van der Waals surface area contributed by atoms with E-state index in [9.17, 15) is 14.7 Å². The molecule has 1 rings (SSSR count). The molecule has 0 aliphatic heterocycles. The lowest BCUT2D eigenvalue weighted by Gasteiger charge is -2.36. The fourth-order valence-corrected chi connectivity index (χ4v) is 2.25. The number of nitrogens with one attached hydrogen (secondary N) is 2. The highest BCUT2D eigenvalue weighted by atomic mass is 16.4. The highest BCUT2D eigenvalue weighted by Gasteiger charge is 2.42. The first-order chi connectivity index (χ1) is 8.65. The number of carbonyl (C=O) groups is 2. The van der Waals surface area contributed by atoms with Gasteiger partial charge in [-0.05, 0) is 37.0 Å². The first-order valence-electron chi connectivity index (χ1n) is 6.94. The van der Waals surface area contributed by atoms with E-state index >= 15 is 0 Å². The monoisotopic (exact) mass is 270 g/mol. The lowest BCUT2D eigenvalue weighted by atomic mass is 9.77. The van der Waals surface area contributed by atoms with Gasteiger partial charge in [-0.25, -0.2) is 9.59 Å². The first kappa shape index (κ1) is 15.8. The van der Waals surface area contributed by atoms with Crippen LogP contribution in [-0.4, -0.2) is 29.2 Å². The molecule has 0 bridgehead atoms. The van der Waals surface area contributed by atoms with Gasteiger partial charge in [-0.1, -0.05) is 27.7 Å². The van der Waals surface area contributed by atoms with Gasteiger partial charge in [0.25, 0.3) is 0 Å². The van der Waals surface area contributed by atoms with Crippen LogP contribution in [0.2, 0.25) is 0 Å². The molecule has 0 aromatic heterocycles. The molecule has 110 valence electrons. The van der Waals surface area contributed by atoms with Crippen molar-refractivity contribution in [2.45, 2.75) is 58.9 Å². The largest absolute Gasteiger partial charge is 0.480 e. The molecule has 0 radical (unpaired) electrons. The van der Waals surface area contributed by atoms with Gasteiger partial charge in [0.1, 0.15) is 5.54 Å². The fraction of sp³-hybridized carbons (Fsp3) is 0.857. The summed E-state index contributed by atoms with van der Waals surface area (Å²) in [6.45, 7) is 8.68. The van der Waals surface area contributed by atoms with E-state index in [4.69, 9.17) is 0 Å². The molecule has 0 aromatic rings. The van der Waals surface area contributed by atoms with Crippen LogP contribution in [0.4, 0.5) is 4.79 Å². The summed E-state index contributed by atoms with van der Waals surface area (Å²) in [5, 5.41) is 14.8. The van der Waals surface area contributed by atoms with Crippen LogP contribution in [0.25, 0.3) is 0 Å². The highest BCUT2D eigenvalue weighted by Crippen LogP contribution is 2.32. The Morgan fingerprint density at radius 2 is 1.79 bits per heavy atom. The molecule has 1 aliphatic carbocycles. The van der Waals surface area contributed by atoms with Crippen molar-refractivity contribution >= 4 is 12.0 Å². The number of urea groups is 1. The molecule has 3 N–H and O–H groups in total. The van der Waals surface area contributed by atoms with Gasteiger partial charge in [-0.3, -0.25) is 0 Å². The average Bonchev–Trinajstić information content (AvgIpc) is 2.29. The van der Waals surface area contributed by atoms with Gasteiger partial charge < -0.3 is 15.7 Å². The SMILES string of the molecule is CC1CCC(NC(=O)NCC(C)(C)C)(C(=O)O)CC1. The summed E-state index contributed by atoms with van der Waals surface area (Å²) in [5.74, 6) is -0.391. The second-order valence-electron chi connectivity index (χ2n) is 6.94. The molecule has 2 amide bonds. The number of hydrogen-bond acceptors (Lipinski definition) is 2. The Balaban J connectivity index is 2.59. The maximum absolute atomic E-state index is 11.9. The molecule has 0 heterocycles. The van der Waals surface area contributed by atoms with Gasteiger partial charge in [-0.15, -0.1) is 0 Å². The quantitative estimate of drug-likeness (QED) is 0.736. The fourth-order valence-electron chi connectivity index (χ4n) is 2.25. The number of carboxylic acids is 1. The van der Waals surface area contributed by atoms with E-state index in [1.54, 1.807) is 0 Å². The van der Waals surface area contributed by atoms with E-state index in [0.29, 0.717) is 25.3 Å². The molecule has 0 saturated heterocycles. The third kappa shape index (κ3) is 4.73. The number of carbonyl (C=O) groups excluding carboxylic acids is 1. The maximum Gasteiger partial charge on any atom is 0.329 e. The van der Waals surface area contributed by atoms with Crippen molar-refractivity contribution < 1.29 is 14.7 Å². The van der Waals surface area contributed by atoms with Crippen molar-refractivity contribution in [1.29, 1.82) is 0 Å². The number of hydrogen-bond donors (Lipinski definition) is 3. The minimum absolute atomic E-state index is 0.0190. The van der Waals surface area contributed by atoms with E-state index in [1.165, 1.54) is 0 Å². The predicted octanol–water partition coefficient (Wildman–Crippen LogP) is 2.37. The van der Waals surface area contributed by atoms with Gasteiger partial charge in [0.2, 0.25) is 0 Å². The molecule has 1 aliphatic rings. The van der Waals surface area contributed by atoms with Gasteiger partial charge in [-0.2, -0.15) is 0 Å².